The van der Waals surface area contributed by atoms with Crippen LogP contribution >= 0.6 is 0 Å². The van der Waals surface area contributed by atoms with Crippen LogP contribution in [0.4, 0.5) is 0 Å². The van der Waals surface area contributed by atoms with E-state index in [0.29, 0.717) is 24.2 Å². The average molecular weight is 382 g/mol. The third-order valence-corrected chi connectivity index (χ3v) is 4.67. The zero-order valence-electron chi connectivity index (χ0n) is 16.6. The van der Waals surface area contributed by atoms with Crippen LogP contribution in [0.15, 0.2) is 42.7 Å². The second kappa shape index (κ2) is 7.93. The summed E-state index contributed by atoms with van der Waals surface area (Å²) in [4.78, 5) is 12.7. The van der Waals surface area contributed by atoms with Gasteiger partial charge in [0.1, 0.15) is 11.3 Å². The van der Waals surface area contributed by atoms with Crippen LogP contribution in [0.1, 0.15) is 54.1 Å². The Morgan fingerprint density at radius 1 is 1.29 bits per heavy atom. The molecule has 0 spiro atoms. The molecule has 2 N–H and O–H groups in total. The molecule has 8 nitrogen and oxygen atoms in total. The monoisotopic (exact) mass is 382 g/mol. The van der Waals surface area contributed by atoms with Crippen molar-refractivity contribution in [2.24, 2.45) is 7.05 Å². The second-order valence-electron chi connectivity index (χ2n) is 7.49. The predicted octanol–water partition coefficient (Wildman–Crippen LogP) is 1.82. The maximum atomic E-state index is 12.7. The first-order valence-corrected chi connectivity index (χ1v) is 9.23. The van der Waals surface area contributed by atoms with Crippen LogP contribution in [0.2, 0.25) is 0 Å². The molecule has 148 valence electrons. The molecule has 0 bridgehead atoms. The number of amides is 1. The molecule has 0 fully saturated rings. The Balaban J connectivity index is 1.66. The fourth-order valence-corrected chi connectivity index (χ4v) is 2.85. The lowest BCUT2D eigenvalue weighted by atomic mass is 10.1. The largest absolute Gasteiger partial charge is 0.384 e. The quantitative estimate of drug-likeness (QED) is 0.650. The van der Waals surface area contributed by atoms with Gasteiger partial charge in [0.15, 0.2) is 0 Å². The van der Waals surface area contributed by atoms with Crippen LogP contribution in [-0.4, -0.2) is 42.3 Å². The van der Waals surface area contributed by atoms with Gasteiger partial charge in [-0.1, -0.05) is 35.5 Å². The highest BCUT2D eigenvalue weighted by atomic mass is 16.3. The molecule has 0 aliphatic heterocycles. The van der Waals surface area contributed by atoms with E-state index in [9.17, 15) is 9.90 Å². The summed E-state index contributed by atoms with van der Waals surface area (Å²) >= 11 is 0. The number of hydrogen-bond acceptors (Lipinski definition) is 5. The normalized spacial score (nSPS) is 12.8. The standard InChI is InChI=1S/C20H26N6O2/c1-14(26-13-18(23-24-26)20(2,3)28)11-21-19(27)16-12-22-25(4)17(16)10-15-8-6-5-7-9-15/h5-9,12-14,28H,10-11H2,1-4H3,(H,21,27). The first kappa shape index (κ1) is 19.8. The van der Waals surface area contributed by atoms with Gasteiger partial charge in [-0.15, -0.1) is 5.10 Å². The number of aromatic nitrogens is 5. The maximum absolute atomic E-state index is 12.7. The summed E-state index contributed by atoms with van der Waals surface area (Å²) in [5, 5.41) is 25.2. The van der Waals surface area contributed by atoms with Crippen LogP contribution in [0.25, 0.3) is 0 Å². The Kier molecular flexibility index (Phi) is 5.60. The van der Waals surface area contributed by atoms with Crippen molar-refractivity contribution in [1.82, 2.24) is 30.1 Å². The minimum Gasteiger partial charge on any atom is -0.384 e. The molecule has 1 amide bonds. The zero-order valence-corrected chi connectivity index (χ0v) is 16.6. The molecule has 0 saturated carbocycles. The van der Waals surface area contributed by atoms with Crippen molar-refractivity contribution >= 4 is 5.91 Å². The summed E-state index contributed by atoms with van der Waals surface area (Å²) in [5.41, 5.74) is 1.98. The van der Waals surface area contributed by atoms with Gasteiger partial charge < -0.3 is 10.4 Å². The van der Waals surface area contributed by atoms with Gasteiger partial charge in [-0.05, 0) is 26.3 Å². The summed E-state index contributed by atoms with van der Waals surface area (Å²) < 4.78 is 3.38. The molecular weight excluding hydrogens is 356 g/mol. The van der Waals surface area contributed by atoms with Crippen molar-refractivity contribution in [3.05, 3.63) is 65.2 Å². The van der Waals surface area contributed by atoms with E-state index < -0.39 is 5.60 Å². The van der Waals surface area contributed by atoms with Crippen molar-refractivity contribution in [2.45, 2.75) is 38.8 Å². The molecule has 2 heterocycles. The average Bonchev–Trinajstić information content (AvgIpc) is 3.28. The summed E-state index contributed by atoms with van der Waals surface area (Å²) in [6, 6.07) is 9.88. The fraction of sp³-hybridized carbons (Fsp3) is 0.400. The van der Waals surface area contributed by atoms with Gasteiger partial charge in [0.05, 0.1) is 29.7 Å². The molecule has 0 aliphatic rings. The van der Waals surface area contributed by atoms with Crippen LogP contribution in [0.5, 0.6) is 0 Å². The molecule has 28 heavy (non-hydrogen) atoms. The Morgan fingerprint density at radius 2 is 2.00 bits per heavy atom. The smallest absolute Gasteiger partial charge is 0.254 e. The van der Waals surface area contributed by atoms with Crippen molar-refractivity contribution in [3.8, 4) is 0 Å². The molecule has 0 aliphatic carbocycles. The lowest BCUT2D eigenvalue weighted by Crippen LogP contribution is -2.30. The van der Waals surface area contributed by atoms with Crippen molar-refractivity contribution < 1.29 is 9.90 Å². The fourth-order valence-electron chi connectivity index (χ4n) is 2.85. The minimum absolute atomic E-state index is 0.109. The van der Waals surface area contributed by atoms with E-state index in [4.69, 9.17) is 0 Å². The van der Waals surface area contributed by atoms with Gasteiger partial charge in [0.2, 0.25) is 0 Å². The number of carbonyl (C=O) groups is 1. The van der Waals surface area contributed by atoms with E-state index in [-0.39, 0.29) is 11.9 Å². The lowest BCUT2D eigenvalue weighted by molar-refractivity contribution is 0.0736. The van der Waals surface area contributed by atoms with Gasteiger partial charge in [-0.25, -0.2) is 4.68 Å². The van der Waals surface area contributed by atoms with Gasteiger partial charge in [0.25, 0.3) is 5.91 Å². The third-order valence-electron chi connectivity index (χ3n) is 4.67. The summed E-state index contributed by atoms with van der Waals surface area (Å²) in [6.45, 7) is 5.62. The summed E-state index contributed by atoms with van der Waals surface area (Å²) in [6.07, 6.45) is 3.93. The van der Waals surface area contributed by atoms with Gasteiger partial charge in [-0.3, -0.25) is 9.48 Å². The van der Waals surface area contributed by atoms with E-state index in [1.165, 1.54) is 0 Å². The topological polar surface area (TPSA) is 97.9 Å². The van der Waals surface area contributed by atoms with E-state index in [2.05, 4.69) is 20.7 Å². The zero-order chi connectivity index (χ0) is 20.3. The molecule has 0 radical (unpaired) electrons. The first-order valence-electron chi connectivity index (χ1n) is 9.23. The number of rotatable bonds is 7. The Morgan fingerprint density at radius 3 is 2.64 bits per heavy atom. The Labute approximate surface area is 164 Å². The van der Waals surface area contributed by atoms with E-state index >= 15 is 0 Å². The minimum atomic E-state index is -1.05. The number of nitrogens with one attached hydrogen (secondary N) is 1. The highest BCUT2D eigenvalue weighted by Crippen LogP contribution is 2.17. The number of aryl methyl sites for hydroxylation is 1. The Hall–Kier alpha value is -3.00. The van der Waals surface area contributed by atoms with Gasteiger partial charge in [-0.2, -0.15) is 5.10 Å². The number of hydrogen-bond donors (Lipinski definition) is 2. The van der Waals surface area contributed by atoms with Crippen molar-refractivity contribution in [3.63, 3.8) is 0 Å². The molecule has 1 aromatic carbocycles. The molecule has 3 rings (SSSR count). The van der Waals surface area contributed by atoms with E-state index in [1.807, 2.05) is 44.3 Å². The highest BCUT2D eigenvalue weighted by molar-refractivity contribution is 5.95. The lowest BCUT2D eigenvalue weighted by Gasteiger charge is -2.14. The van der Waals surface area contributed by atoms with Crippen LogP contribution < -0.4 is 5.32 Å². The Bertz CT molecular complexity index is 939. The molecular formula is C20H26N6O2. The summed E-state index contributed by atoms with van der Waals surface area (Å²) in [5.74, 6) is -0.172. The number of aliphatic hydroxyl groups is 1. The maximum Gasteiger partial charge on any atom is 0.254 e. The van der Waals surface area contributed by atoms with Crippen LogP contribution in [0, 0.1) is 0 Å². The van der Waals surface area contributed by atoms with E-state index in [0.717, 1.165) is 11.3 Å². The summed E-state index contributed by atoms with van der Waals surface area (Å²) in [7, 11) is 1.84. The van der Waals surface area contributed by atoms with E-state index in [1.54, 1.807) is 35.6 Å². The van der Waals surface area contributed by atoms with Crippen LogP contribution in [0.3, 0.4) is 0 Å². The molecule has 1 atom stereocenters. The van der Waals surface area contributed by atoms with Crippen molar-refractivity contribution in [2.75, 3.05) is 6.54 Å². The molecule has 0 saturated heterocycles. The SMILES string of the molecule is CC(CNC(=O)c1cnn(C)c1Cc1ccccc1)n1cc(C(C)(C)O)nn1. The third kappa shape index (κ3) is 4.45. The molecule has 8 heteroatoms. The molecule has 2 aromatic heterocycles. The van der Waals surface area contributed by atoms with Gasteiger partial charge >= 0.3 is 0 Å². The number of benzene rings is 1. The highest BCUT2D eigenvalue weighted by Gasteiger charge is 2.22. The van der Waals surface area contributed by atoms with Gasteiger partial charge in [0, 0.05) is 20.0 Å². The molecule has 1 unspecified atom stereocenters. The first-order chi connectivity index (χ1) is 13.3. The predicted molar refractivity (Wildman–Crippen MR) is 105 cm³/mol. The second-order valence-corrected chi connectivity index (χ2v) is 7.49. The van der Waals surface area contributed by atoms with Crippen LogP contribution in [-0.2, 0) is 19.1 Å². The van der Waals surface area contributed by atoms with Crippen molar-refractivity contribution in [1.29, 1.82) is 0 Å². The molecule has 3 aromatic rings. The number of nitrogens with zero attached hydrogens (tertiary/aromatic N) is 5. The number of carbonyl (C=O) groups excluding carboxylic acids is 1.